The maximum absolute atomic E-state index is 11.0. The molecule has 0 saturated carbocycles. The molecule has 0 saturated heterocycles. The fourth-order valence-electron chi connectivity index (χ4n) is 0.732. The Bertz CT molecular complexity index is 282. The van der Waals surface area contributed by atoms with Gasteiger partial charge in [0.1, 0.15) is 11.6 Å². The average molecular weight is 262 g/mol. The highest BCUT2D eigenvalue weighted by Gasteiger charge is 2.10. The predicted molar refractivity (Wildman–Crippen MR) is 59.6 cm³/mol. The fraction of sp³-hybridized carbons (Fsp3) is 0.600. The molecule has 0 N–H and O–H groups in total. The van der Waals surface area contributed by atoms with Gasteiger partial charge in [0.05, 0.1) is 12.8 Å². The maximum Gasteiger partial charge on any atom is 0.321 e. The Balaban J connectivity index is 3.55. The summed E-state index contributed by atoms with van der Waals surface area (Å²) in [5.74, 6) is -1.51. The van der Waals surface area contributed by atoms with Crippen LogP contribution in [0.4, 0.5) is 0 Å². The molecule has 0 aromatic rings. The summed E-state index contributed by atoms with van der Waals surface area (Å²) in [6.45, 7) is 2.73. The van der Waals surface area contributed by atoms with Crippen LogP contribution in [-0.2, 0) is 27.5 Å². The summed E-state index contributed by atoms with van der Waals surface area (Å²) >= 11 is 0.251. The van der Waals surface area contributed by atoms with E-state index < -0.39 is 11.9 Å². The van der Waals surface area contributed by atoms with Crippen molar-refractivity contribution in [2.24, 2.45) is 0 Å². The number of rotatable bonds is 8. The summed E-state index contributed by atoms with van der Waals surface area (Å²) in [6, 6.07) is 0. The van der Waals surface area contributed by atoms with Crippen molar-refractivity contribution in [1.29, 1.82) is 0 Å². The molecule has 0 fully saturated rings. The first kappa shape index (κ1) is 15.6. The normalized spacial score (nSPS) is 9.53. The number of ketones is 2. The van der Waals surface area contributed by atoms with Crippen LogP contribution in [0.1, 0.15) is 39.5 Å². The summed E-state index contributed by atoms with van der Waals surface area (Å²) in [7, 11) is 0. The van der Waals surface area contributed by atoms with Gasteiger partial charge in [0.25, 0.3) is 12.3 Å². The van der Waals surface area contributed by atoms with Crippen molar-refractivity contribution in [1.82, 2.24) is 0 Å². The minimum Gasteiger partial charge on any atom is -0.355 e. The second-order valence-electron chi connectivity index (χ2n) is 3.38. The van der Waals surface area contributed by atoms with E-state index in [1.165, 1.54) is 13.8 Å². The molecule has 0 aliphatic heterocycles. The first-order valence-corrected chi connectivity index (χ1v) is 5.64. The molecule has 0 aliphatic carbocycles. The Kier molecular flexibility index (Phi) is 8.04. The number of carbonyl (C=O) groups is 4. The van der Waals surface area contributed by atoms with Crippen molar-refractivity contribution in [3.8, 4) is 0 Å². The van der Waals surface area contributed by atoms with Gasteiger partial charge in [-0.2, -0.15) is 0 Å². The Morgan fingerprint density at radius 1 is 0.765 bits per heavy atom. The van der Waals surface area contributed by atoms with Crippen LogP contribution in [-0.4, -0.2) is 23.5 Å². The summed E-state index contributed by atoms with van der Waals surface area (Å²) in [4.78, 5) is 43.0. The monoisotopic (exact) mass is 262 g/mol. The third-order valence-corrected chi connectivity index (χ3v) is 2.12. The summed E-state index contributed by atoms with van der Waals surface area (Å²) < 4.78 is 8.93. The number of hydrogen-bond acceptors (Lipinski definition) is 7. The van der Waals surface area contributed by atoms with E-state index in [1.807, 2.05) is 0 Å². The van der Waals surface area contributed by atoms with Crippen LogP contribution < -0.4 is 0 Å². The van der Waals surface area contributed by atoms with Gasteiger partial charge in [0, 0.05) is 12.8 Å². The zero-order valence-electron chi connectivity index (χ0n) is 9.69. The molecule has 7 heteroatoms. The van der Waals surface area contributed by atoms with E-state index in [4.69, 9.17) is 0 Å². The molecule has 0 aromatic carbocycles. The summed E-state index contributed by atoms with van der Waals surface area (Å²) in [5.41, 5.74) is 0. The highest BCUT2D eigenvalue weighted by Crippen LogP contribution is 2.10. The largest absolute Gasteiger partial charge is 0.355 e. The molecule has 0 aliphatic rings. The molecule has 0 rings (SSSR count). The Morgan fingerprint density at radius 2 is 1.12 bits per heavy atom. The van der Waals surface area contributed by atoms with E-state index in [9.17, 15) is 19.2 Å². The van der Waals surface area contributed by atoms with Gasteiger partial charge >= 0.3 is 11.9 Å². The highest BCUT2D eigenvalue weighted by atomic mass is 32.2. The molecule has 6 nitrogen and oxygen atoms in total. The van der Waals surface area contributed by atoms with E-state index in [-0.39, 0.29) is 49.6 Å². The quantitative estimate of drug-likeness (QED) is 0.610. The van der Waals surface area contributed by atoms with Crippen molar-refractivity contribution in [2.75, 3.05) is 0 Å². The predicted octanol–water partition coefficient (Wildman–Crippen LogP) is 1.37. The fourth-order valence-corrected chi connectivity index (χ4v) is 1.08. The number of hydrogen-bond donors (Lipinski definition) is 0. The summed E-state index contributed by atoms with van der Waals surface area (Å²) in [6.07, 6.45) is 0.0933. The van der Waals surface area contributed by atoms with Gasteiger partial charge in [-0.25, -0.2) is 0 Å². The Morgan fingerprint density at radius 3 is 1.41 bits per heavy atom. The SMILES string of the molecule is CC(=O)CCC(=O)OSOC(=O)CCC(C)=O. The molecule has 17 heavy (non-hydrogen) atoms. The molecule has 0 heterocycles. The Hall–Kier alpha value is -1.37. The minimum absolute atomic E-state index is 0.0483. The van der Waals surface area contributed by atoms with Crippen molar-refractivity contribution in [3.05, 3.63) is 0 Å². The van der Waals surface area contributed by atoms with Crippen LogP contribution >= 0.6 is 12.3 Å². The molecule has 0 spiro atoms. The van der Waals surface area contributed by atoms with Gasteiger partial charge in [-0.15, -0.1) is 0 Å². The molecule has 0 amide bonds. The molecule has 96 valence electrons. The maximum atomic E-state index is 11.0. The van der Waals surface area contributed by atoms with Gasteiger partial charge in [0.15, 0.2) is 0 Å². The van der Waals surface area contributed by atoms with Crippen molar-refractivity contribution >= 4 is 35.8 Å². The average Bonchev–Trinajstić information content (AvgIpc) is 2.23. The van der Waals surface area contributed by atoms with E-state index in [0.29, 0.717) is 0 Å². The van der Waals surface area contributed by atoms with Gasteiger partial charge in [-0.05, 0) is 13.8 Å². The van der Waals surface area contributed by atoms with Crippen LogP contribution in [0.5, 0.6) is 0 Å². The smallest absolute Gasteiger partial charge is 0.321 e. The number of carbonyl (C=O) groups excluding carboxylic acids is 4. The molecule has 0 bridgehead atoms. The van der Waals surface area contributed by atoms with Gasteiger partial charge in [-0.3, -0.25) is 9.59 Å². The van der Waals surface area contributed by atoms with Crippen molar-refractivity contribution in [3.63, 3.8) is 0 Å². The molecule has 0 atom stereocenters. The van der Waals surface area contributed by atoms with Crippen LogP contribution in [0.15, 0.2) is 0 Å². The lowest BCUT2D eigenvalue weighted by molar-refractivity contribution is -0.137. The lowest BCUT2D eigenvalue weighted by Gasteiger charge is -2.01. The Labute approximate surface area is 103 Å². The molecule has 0 unspecified atom stereocenters. The van der Waals surface area contributed by atoms with Gasteiger partial charge in [-0.1, -0.05) is 0 Å². The molecule has 0 aromatic heterocycles. The van der Waals surface area contributed by atoms with Crippen LogP contribution in [0, 0.1) is 0 Å². The third kappa shape index (κ3) is 10.9. The number of Topliss-reactive ketones (excluding diaryl/α,β-unsaturated/α-hetero) is 2. The molecular formula is C10H14O6S. The van der Waals surface area contributed by atoms with Gasteiger partial charge in [0.2, 0.25) is 0 Å². The van der Waals surface area contributed by atoms with E-state index in [2.05, 4.69) is 8.37 Å². The zero-order chi connectivity index (χ0) is 13.3. The van der Waals surface area contributed by atoms with Crippen LogP contribution in [0.2, 0.25) is 0 Å². The lowest BCUT2D eigenvalue weighted by atomic mass is 10.2. The molecular weight excluding hydrogens is 248 g/mol. The summed E-state index contributed by atoms with van der Waals surface area (Å²) in [5, 5.41) is 0. The zero-order valence-corrected chi connectivity index (χ0v) is 10.5. The highest BCUT2D eigenvalue weighted by molar-refractivity contribution is 7.90. The second-order valence-corrected chi connectivity index (χ2v) is 3.85. The first-order valence-electron chi connectivity index (χ1n) is 4.97. The standard InChI is InChI=1S/C10H14O6S/c1-7(11)3-5-9(13)15-17-16-10(14)6-4-8(2)12/h3-6H2,1-2H3. The van der Waals surface area contributed by atoms with E-state index in [0.717, 1.165) is 0 Å². The van der Waals surface area contributed by atoms with E-state index >= 15 is 0 Å². The van der Waals surface area contributed by atoms with Crippen LogP contribution in [0.3, 0.4) is 0 Å². The second kappa shape index (κ2) is 8.74. The minimum atomic E-state index is -0.635. The van der Waals surface area contributed by atoms with Crippen LogP contribution in [0.25, 0.3) is 0 Å². The van der Waals surface area contributed by atoms with Gasteiger partial charge < -0.3 is 18.0 Å². The lowest BCUT2D eigenvalue weighted by Crippen LogP contribution is -2.05. The van der Waals surface area contributed by atoms with Crippen molar-refractivity contribution < 1.29 is 27.5 Å². The topological polar surface area (TPSA) is 86.7 Å². The first-order chi connectivity index (χ1) is 7.91. The van der Waals surface area contributed by atoms with Crippen molar-refractivity contribution in [2.45, 2.75) is 39.5 Å². The van der Waals surface area contributed by atoms with E-state index in [1.54, 1.807) is 0 Å². The molecule has 0 radical (unpaired) electrons. The third-order valence-electron chi connectivity index (χ3n) is 1.62.